The van der Waals surface area contributed by atoms with Crippen LogP contribution in [0.4, 0.5) is 13.2 Å². The van der Waals surface area contributed by atoms with E-state index in [4.69, 9.17) is 0 Å². The van der Waals surface area contributed by atoms with Crippen molar-refractivity contribution in [3.8, 4) is 17.2 Å². The van der Waals surface area contributed by atoms with Crippen molar-refractivity contribution in [1.82, 2.24) is 4.90 Å². The molecular formula is C32H26F3NO7. The van der Waals surface area contributed by atoms with Crippen molar-refractivity contribution < 1.29 is 47.3 Å². The Morgan fingerprint density at radius 1 is 0.977 bits per heavy atom. The second kappa shape index (κ2) is 10.3. The fourth-order valence-corrected chi connectivity index (χ4v) is 6.89. The van der Waals surface area contributed by atoms with Crippen LogP contribution < -0.4 is 4.74 Å². The molecule has 1 fully saturated rings. The Morgan fingerprint density at radius 2 is 1.70 bits per heavy atom. The number of amides is 2. The van der Waals surface area contributed by atoms with E-state index >= 15 is 0 Å². The summed E-state index contributed by atoms with van der Waals surface area (Å²) in [6, 6.07) is 9.36. The summed E-state index contributed by atoms with van der Waals surface area (Å²) in [6.07, 6.45) is -1.62. The molecule has 0 radical (unpaired) electrons. The van der Waals surface area contributed by atoms with E-state index in [0.717, 1.165) is 23.8 Å². The van der Waals surface area contributed by atoms with Gasteiger partial charge in [-0.2, -0.15) is 0 Å². The van der Waals surface area contributed by atoms with Gasteiger partial charge in [0.25, 0.3) is 0 Å². The molecule has 1 saturated heterocycles. The molecule has 2 amide bonds. The molecule has 0 spiro atoms. The summed E-state index contributed by atoms with van der Waals surface area (Å²) < 4.78 is 43.3. The molecule has 4 unspecified atom stereocenters. The van der Waals surface area contributed by atoms with Crippen LogP contribution in [-0.4, -0.2) is 51.4 Å². The van der Waals surface area contributed by atoms with Crippen molar-refractivity contribution in [2.45, 2.75) is 38.5 Å². The lowest BCUT2D eigenvalue weighted by atomic mass is 9.59. The van der Waals surface area contributed by atoms with Gasteiger partial charge in [0.2, 0.25) is 11.8 Å². The zero-order valence-electron chi connectivity index (χ0n) is 22.9. The minimum atomic E-state index is -5.01. The van der Waals surface area contributed by atoms with Crippen molar-refractivity contribution in [1.29, 1.82) is 0 Å². The maximum absolute atomic E-state index is 13.8. The lowest BCUT2D eigenvalue weighted by Gasteiger charge is -2.42. The first-order chi connectivity index (χ1) is 20.3. The number of benzene rings is 2. The van der Waals surface area contributed by atoms with E-state index in [0.29, 0.717) is 12.0 Å². The number of likely N-dealkylation sites (tertiary alicyclic amines) is 1. The highest BCUT2D eigenvalue weighted by atomic mass is 19.4. The number of allylic oxidation sites excluding steroid dienone is 6. The minimum Gasteiger partial charge on any atom is -0.508 e. The largest absolute Gasteiger partial charge is 0.573 e. The summed E-state index contributed by atoms with van der Waals surface area (Å²) >= 11 is 0. The van der Waals surface area contributed by atoms with Crippen molar-refractivity contribution >= 4 is 23.4 Å². The number of imide groups is 1. The SMILES string of the molecule is CC1=CC(=O)C2=C(CC3C(=CCC4C(=O)N(CCc5ccc(O)cc5)C(=O)C43)C2c2cc(OC(F)(F)F)ccc2O)C1=O. The number of nitrogens with zero attached hydrogens (tertiary/aromatic N) is 1. The molecule has 2 N–H and O–H groups in total. The van der Waals surface area contributed by atoms with Crippen molar-refractivity contribution in [3.05, 3.63) is 88.0 Å². The third-order valence-electron chi connectivity index (χ3n) is 8.76. The molecule has 11 heteroatoms. The molecule has 1 aliphatic heterocycles. The number of carbonyl (C=O) groups excluding carboxylic acids is 4. The first-order valence-corrected chi connectivity index (χ1v) is 13.8. The van der Waals surface area contributed by atoms with Gasteiger partial charge in [0.15, 0.2) is 11.6 Å². The number of carbonyl (C=O) groups is 4. The maximum Gasteiger partial charge on any atom is 0.573 e. The van der Waals surface area contributed by atoms with Gasteiger partial charge in [-0.05, 0) is 74.1 Å². The Morgan fingerprint density at radius 3 is 2.40 bits per heavy atom. The topological polar surface area (TPSA) is 121 Å². The van der Waals surface area contributed by atoms with Gasteiger partial charge in [-0.25, -0.2) is 0 Å². The number of Topliss-reactive ketones (excluding diaryl/α,β-unsaturated/α-hetero) is 1. The summed E-state index contributed by atoms with van der Waals surface area (Å²) in [7, 11) is 0. The van der Waals surface area contributed by atoms with E-state index in [2.05, 4.69) is 4.74 Å². The highest BCUT2D eigenvalue weighted by Crippen LogP contribution is 2.56. The van der Waals surface area contributed by atoms with Crippen LogP contribution in [0.1, 0.15) is 36.8 Å². The molecule has 2 aromatic rings. The molecule has 2 aromatic carbocycles. The standard InChI is InChI=1S/C32H26F3NO7/c1-15-12-25(39)28-23(29(15)40)14-21-19(26(28)22-13-18(6-9-24(22)38)43-32(33,34)35)7-8-20-27(21)31(42)36(30(20)41)11-10-16-2-4-17(37)5-3-16/h2-7,9,12-13,20-21,26-27,37-38H,8,10-11,14H2,1H3. The average molecular weight is 594 g/mol. The first kappa shape index (κ1) is 28.4. The number of aromatic hydroxyl groups is 2. The highest BCUT2D eigenvalue weighted by molar-refractivity contribution is 6.23. The monoisotopic (exact) mass is 593 g/mol. The number of ether oxygens (including phenoxy) is 1. The summed E-state index contributed by atoms with van der Waals surface area (Å²) in [6.45, 7) is 1.59. The third kappa shape index (κ3) is 4.92. The van der Waals surface area contributed by atoms with Crippen LogP contribution >= 0.6 is 0 Å². The molecule has 4 atom stereocenters. The average Bonchev–Trinajstić information content (AvgIpc) is 3.19. The van der Waals surface area contributed by atoms with Gasteiger partial charge in [0.05, 0.1) is 11.8 Å². The summed E-state index contributed by atoms with van der Waals surface area (Å²) in [4.78, 5) is 55.2. The fraction of sp³-hybridized carbons (Fsp3) is 0.312. The maximum atomic E-state index is 13.8. The first-order valence-electron chi connectivity index (χ1n) is 13.8. The molecule has 1 heterocycles. The predicted octanol–water partition coefficient (Wildman–Crippen LogP) is 4.67. The van der Waals surface area contributed by atoms with Crippen LogP contribution in [0, 0.1) is 17.8 Å². The van der Waals surface area contributed by atoms with Crippen molar-refractivity contribution in [3.63, 3.8) is 0 Å². The van der Waals surface area contributed by atoms with Gasteiger partial charge >= 0.3 is 6.36 Å². The van der Waals surface area contributed by atoms with Crippen LogP contribution in [0.25, 0.3) is 0 Å². The van der Waals surface area contributed by atoms with E-state index in [1.165, 1.54) is 30.0 Å². The molecule has 0 saturated carbocycles. The lowest BCUT2D eigenvalue weighted by Crippen LogP contribution is -2.40. The van der Waals surface area contributed by atoms with Crippen LogP contribution in [0.5, 0.6) is 17.2 Å². The minimum absolute atomic E-state index is 0.00108. The van der Waals surface area contributed by atoms with Gasteiger partial charge in [-0.15, -0.1) is 13.2 Å². The molecule has 4 aliphatic rings. The smallest absolute Gasteiger partial charge is 0.508 e. The number of ketones is 2. The number of fused-ring (bicyclic) bond motifs is 3. The van der Waals surface area contributed by atoms with Crippen molar-refractivity contribution in [2.24, 2.45) is 17.8 Å². The summed E-state index contributed by atoms with van der Waals surface area (Å²) in [5.41, 5.74) is 1.59. The van der Waals surface area contributed by atoms with Crippen LogP contribution in [0.15, 0.2) is 76.9 Å². The molecule has 222 valence electrons. The Bertz CT molecular complexity index is 1670. The second-order valence-corrected chi connectivity index (χ2v) is 11.2. The molecular weight excluding hydrogens is 567 g/mol. The quantitative estimate of drug-likeness (QED) is 0.294. The molecule has 43 heavy (non-hydrogen) atoms. The number of phenolic OH excluding ortho intramolecular Hbond substituents is 2. The van der Waals surface area contributed by atoms with Crippen LogP contribution in [0.3, 0.4) is 0 Å². The Hall–Kier alpha value is -4.67. The molecule has 3 aliphatic carbocycles. The fourth-order valence-electron chi connectivity index (χ4n) is 6.89. The second-order valence-electron chi connectivity index (χ2n) is 11.2. The number of rotatable bonds is 5. The molecule has 6 rings (SSSR count). The van der Waals surface area contributed by atoms with E-state index in [-0.39, 0.29) is 53.3 Å². The van der Waals surface area contributed by atoms with Gasteiger partial charge in [-0.3, -0.25) is 24.1 Å². The zero-order valence-corrected chi connectivity index (χ0v) is 22.9. The van der Waals surface area contributed by atoms with Gasteiger partial charge < -0.3 is 14.9 Å². The molecule has 0 bridgehead atoms. The Kier molecular flexibility index (Phi) is 6.78. The number of phenols is 2. The van der Waals surface area contributed by atoms with Gasteiger partial charge in [0, 0.05) is 34.7 Å². The summed E-state index contributed by atoms with van der Waals surface area (Å²) in [5, 5.41) is 20.4. The summed E-state index contributed by atoms with van der Waals surface area (Å²) in [5.74, 6) is -6.04. The predicted molar refractivity (Wildman–Crippen MR) is 145 cm³/mol. The Labute approximate surface area is 243 Å². The molecule has 8 nitrogen and oxygen atoms in total. The number of hydrogen-bond donors (Lipinski definition) is 2. The lowest BCUT2D eigenvalue weighted by molar-refractivity contribution is -0.274. The van der Waals surface area contributed by atoms with E-state index in [1.54, 1.807) is 18.2 Å². The number of hydrogen-bond acceptors (Lipinski definition) is 7. The number of halogens is 3. The van der Waals surface area contributed by atoms with E-state index in [1.807, 2.05) is 0 Å². The third-order valence-corrected chi connectivity index (χ3v) is 8.76. The highest BCUT2D eigenvalue weighted by Gasteiger charge is 2.56. The van der Waals surface area contributed by atoms with E-state index < -0.39 is 59.0 Å². The van der Waals surface area contributed by atoms with Crippen LogP contribution in [-0.2, 0) is 25.6 Å². The number of alkyl halides is 3. The Balaban J connectivity index is 1.40. The normalized spacial score (nSPS) is 25.3. The van der Waals surface area contributed by atoms with E-state index in [9.17, 15) is 42.6 Å². The van der Waals surface area contributed by atoms with Gasteiger partial charge in [0.1, 0.15) is 17.2 Å². The van der Waals surface area contributed by atoms with Crippen molar-refractivity contribution in [2.75, 3.05) is 6.54 Å². The zero-order chi connectivity index (χ0) is 30.8. The van der Waals surface area contributed by atoms with Gasteiger partial charge in [-0.1, -0.05) is 23.8 Å². The van der Waals surface area contributed by atoms with Crippen LogP contribution in [0.2, 0.25) is 0 Å². The molecule has 0 aromatic heterocycles.